The summed E-state index contributed by atoms with van der Waals surface area (Å²) in [7, 11) is 3.23. The van der Waals surface area contributed by atoms with Gasteiger partial charge in [-0.3, -0.25) is 9.59 Å². The van der Waals surface area contributed by atoms with E-state index in [0.29, 0.717) is 44.6 Å². The van der Waals surface area contributed by atoms with Crippen molar-refractivity contribution in [3.05, 3.63) is 59.2 Å². The number of carbonyl (C=O) groups excluding carboxylic acids is 2. The lowest BCUT2D eigenvalue weighted by atomic mass is 10.1. The molecule has 0 radical (unpaired) electrons. The summed E-state index contributed by atoms with van der Waals surface area (Å²) in [6.07, 6.45) is 2.00. The van der Waals surface area contributed by atoms with Gasteiger partial charge in [0.25, 0.3) is 5.91 Å². The molecule has 0 aromatic heterocycles. The van der Waals surface area contributed by atoms with Gasteiger partial charge >= 0.3 is 0 Å². The number of rotatable bonds is 7. The van der Waals surface area contributed by atoms with Crippen LogP contribution in [0.5, 0.6) is 11.5 Å². The molecule has 0 atom stereocenters. The molecule has 1 fully saturated rings. The van der Waals surface area contributed by atoms with Crippen molar-refractivity contribution in [1.29, 1.82) is 0 Å². The van der Waals surface area contributed by atoms with Crippen LogP contribution < -0.4 is 9.47 Å². The average molecular weight is 411 g/mol. The van der Waals surface area contributed by atoms with Gasteiger partial charge in [-0.05, 0) is 48.2 Å². The highest BCUT2D eigenvalue weighted by Gasteiger charge is 2.24. The zero-order chi connectivity index (χ0) is 21.5. The van der Waals surface area contributed by atoms with Crippen LogP contribution in [0.4, 0.5) is 0 Å². The fraction of sp³-hybridized carbons (Fsp3) is 0.417. The minimum absolute atomic E-state index is 0.0354. The van der Waals surface area contributed by atoms with Crippen LogP contribution >= 0.6 is 0 Å². The topological polar surface area (TPSA) is 59.1 Å². The van der Waals surface area contributed by atoms with E-state index < -0.39 is 0 Å². The predicted molar refractivity (Wildman–Crippen MR) is 116 cm³/mol. The SMILES string of the molecule is CCc1ccc(C(=O)N2CCN(C(=O)CCc3cc(OC)cc(OC)c3)CC2)cc1. The third-order valence-electron chi connectivity index (χ3n) is 5.57. The first-order valence-electron chi connectivity index (χ1n) is 10.4. The van der Waals surface area contributed by atoms with Crippen molar-refractivity contribution in [3.63, 3.8) is 0 Å². The molecule has 0 spiro atoms. The summed E-state index contributed by atoms with van der Waals surface area (Å²) in [4.78, 5) is 29.0. The molecule has 2 amide bonds. The van der Waals surface area contributed by atoms with Crippen molar-refractivity contribution in [2.75, 3.05) is 40.4 Å². The Kier molecular flexibility index (Phi) is 7.33. The lowest BCUT2D eigenvalue weighted by Crippen LogP contribution is -2.50. The van der Waals surface area contributed by atoms with Gasteiger partial charge in [-0.25, -0.2) is 0 Å². The Bertz CT molecular complexity index is 849. The Labute approximate surface area is 178 Å². The number of hydrogen-bond acceptors (Lipinski definition) is 4. The van der Waals surface area contributed by atoms with Crippen LogP contribution in [0.25, 0.3) is 0 Å². The molecular formula is C24H30N2O4. The van der Waals surface area contributed by atoms with Gasteiger partial charge < -0.3 is 19.3 Å². The van der Waals surface area contributed by atoms with Gasteiger partial charge in [-0.1, -0.05) is 19.1 Å². The molecule has 0 unspecified atom stereocenters. The first kappa shape index (κ1) is 21.7. The van der Waals surface area contributed by atoms with E-state index in [-0.39, 0.29) is 11.8 Å². The average Bonchev–Trinajstić information content (AvgIpc) is 2.81. The quantitative estimate of drug-likeness (QED) is 0.703. The third kappa shape index (κ3) is 5.32. The minimum Gasteiger partial charge on any atom is -0.497 e. The van der Waals surface area contributed by atoms with Crippen LogP contribution in [0.3, 0.4) is 0 Å². The Morgan fingerprint density at radius 3 is 1.93 bits per heavy atom. The molecule has 2 aromatic carbocycles. The summed E-state index contributed by atoms with van der Waals surface area (Å²) in [6.45, 7) is 4.36. The molecule has 1 heterocycles. The molecule has 0 N–H and O–H groups in total. The monoisotopic (exact) mass is 410 g/mol. The number of hydrogen-bond donors (Lipinski definition) is 0. The Morgan fingerprint density at radius 1 is 0.833 bits per heavy atom. The van der Waals surface area contributed by atoms with Crippen molar-refractivity contribution in [2.45, 2.75) is 26.2 Å². The van der Waals surface area contributed by atoms with Crippen LogP contribution in [0, 0.1) is 0 Å². The summed E-state index contributed by atoms with van der Waals surface area (Å²) in [5.74, 6) is 1.58. The molecule has 2 aromatic rings. The largest absolute Gasteiger partial charge is 0.497 e. The van der Waals surface area contributed by atoms with Crippen molar-refractivity contribution in [2.24, 2.45) is 0 Å². The lowest BCUT2D eigenvalue weighted by molar-refractivity contribution is -0.132. The van der Waals surface area contributed by atoms with Crippen LogP contribution in [0.2, 0.25) is 0 Å². The predicted octanol–water partition coefficient (Wildman–Crippen LogP) is 3.18. The lowest BCUT2D eigenvalue weighted by Gasteiger charge is -2.35. The van der Waals surface area contributed by atoms with E-state index >= 15 is 0 Å². The minimum atomic E-state index is 0.0354. The van der Waals surface area contributed by atoms with Crippen LogP contribution in [0.1, 0.15) is 34.8 Å². The third-order valence-corrected chi connectivity index (χ3v) is 5.57. The molecule has 1 saturated heterocycles. The molecule has 6 nitrogen and oxygen atoms in total. The zero-order valence-corrected chi connectivity index (χ0v) is 18.0. The van der Waals surface area contributed by atoms with Gasteiger partial charge in [0.15, 0.2) is 0 Å². The maximum atomic E-state index is 12.7. The molecule has 1 aliphatic heterocycles. The molecule has 3 rings (SSSR count). The number of ether oxygens (including phenoxy) is 2. The van der Waals surface area contributed by atoms with Crippen molar-refractivity contribution >= 4 is 11.8 Å². The molecule has 30 heavy (non-hydrogen) atoms. The van der Waals surface area contributed by atoms with E-state index in [2.05, 4.69) is 6.92 Å². The maximum absolute atomic E-state index is 12.7. The maximum Gasteiger partial charge on any atom is 0.253 e. The Hall–Kier alpha value is -3.02. The highest BCUT2D eigenvalue weighted by molar-refractivity contribution is 5.94. The first-order chi connectivity index (χ1) is 14.5. The summed E-state index contributed by atoms with van der Waals surface area (Å²) in [6, 6.07) is 13.5. The summed E-state index contributed by atoms with van der Waals surface area (Å²) in [5, 5.41) is 0. The van der Waals surface area contributed by atoms with Gasteiger partial charge in [0.05, 0.1) is 14.2 Å². The number of amides is 2. The second-order valence-corrected chi connectivity index (χ2v) is 7.44. The van der Waals surface area contributed by atoms with Gasteiger partial charge in [0.2, 0.25) is 5.91 Å². The van der Waals surface area contributed by atoms with Crippen LogP contribution in [-0.4, -0.2) is 62.0 Å². The van der Waals surface area contributed by atoms with Gasteiger partial charge in [0, 0.05) is 44.2 Å². The van der Waals surface area contributed by atoms with Gasteiger partial charge in [-0.15, -0.1) is 0 Å². The number of methoxy groups -OCH3 is 2. The van der Waals surface area contributed by atoms with Crippen molar-refractivity contribution in [3.8, 4) is 11.5 Å². The number of piperazine rings is 1. The standard InChI is InChI=1S/C24H30N2O4/c1-4-18-5-8-20(9-6-18)24(28)26-13-11-25(12-14-26)23(27)10-7-19-15-21(29-2)17-22(16-19)30-3/h5-6,8-9,15-17H,4,7,10-14H2,1-3H3. The molecule has 1 aliphatic rings. The number of carbonyl (C=O) groups is 2. The van der Waals surface area contributed by atoms with Gasteiger partial charge in [0.1, 0.15) is 11.5 Å². The number of benzene rings is 2. The van der Waals surface area contributed by atoms with Crippen molar-refractivity contribution in [1.82, 2.24) is 9.80 Å². The van der Waals surface area contributed by atoms with Crippen LogP contribution in [0.15, 0.2) is 42.5 Å². The van der Waals surface area contributed by atoms with Gasteiger partial charge in [-0.2, -0.15) is 0 Å². The molecule has 0 saturated carbocycles. The molecule has 0 bridgehead atoms. The number of nitrogens with zero attached hydrogens (tertiary/aromatic N) is 2. The van der Waals surface area contributed by atoms with E-state index in [9.17, 15) is 9.59 Å². The normalized spacial score (nSPS) is 13.8. The zero-order valence-electron chi connectivity index (χ0n) is 18.0. The first-order valence-corrected chi connectivity index (χ1v) is 10.4. The van der Waals surface area contributed by atoms with Crippen LogP contribution in [-0.2, 0) is 17.6 Å². The number of aryl methyl sites for hydroxylation is 2. The molecule has 160 valence electrons. The summed E-state index contributed by atoms with van der Waals surface area (Å²) in [5.41, 5.74) is 2.93. The summed E-state index contributed by atoms with van der Waals surface area (Å²) < 4.78 is 10.6. The van der Waals surface area contributed by atoms with E-state index in [1.807, 2.05) is 52.3 Å². The highest BCUT2D eigenvalue weighted by atomic mass is 16.5. The Morgan fingerprint density at radius 2 is 1.40 bits per heavy atom. The highest BCUT2D eigenvalue weighted by Crippen LogP contribution is 2.23. The van der Waals surface area contributed by atoms with Crippen molar-refractivity contribution < 1.29 is 19.1 Å². The fourth-order valence-corrected chi connectivity index (χ4v) is 3.64. The van der Waals surface area contributed by atoms with E-state index in [4.69, 9.17) is 9.47 Å². The summed E-state index contributed by atoms with van der Waals surface area (Å²) >= 11 is 0. The Balaban J connectivity index is 1.51. The fourth-order valence-electron chi connectivity index (χ4n) is 3.64. The molecule has 6 heteroatoms. The molecule has 0 aliphatic carbocycles. The van der Waals surface area contributed by atoms with E-state index in [1.54, 1.807) is 14.2 Å². The van der Waals surface area contributed by atoms with E-state index in [0.717, 1.165) is 23.5 Å². The second-order valence-electron chi connectivity index (χ2n) is 7.44. The smallest absolute Gasteiger partial charge is 0.253 e. The second kappa shape index (κ2) is 10.1. The van der Waals surface area contributed by atoms with E-state index in [1.165, 1.54) is 5.56 Å². The molecular weight excluding hydrogens is 380 g/mol.